The van der Waals surface area contributed by atoms with Gasteiger partial charge in [-0.1, -0.05) is 12.1 Å². The number of para-hydroxylation sites is 1. The average Bonchev–Trinajstić information content (AvgIpc) is 2.90. The smallest absolute Gasteiger partial charge is 0.311 e. The van der Waals surface area contributed by atoms with Crippen LogP contribution in [0.1, 0.15) is 11.3 Å². The number of rotatable bonds is 4. The molecule has 0 radical (unpaired) electrons. The third kappa shape index (κ3) is 3.10. The van der Waals surface area contributed by atoms with E-state index >= 15 is 0 Å². The second kappa shape index (κ2) is 6.49. The topological polar surface area (TPSA) is 88.5 Å². The van der Waals surface area contributed by atoms with Crippen LogP contribution in [-0.2, 0) is 16.0 Å². The number of hydrogen-bond acceptors (Lipinski definition) is 6. The van der Waals surface area contributed by atoms with Crippen LogP contribution in [-0.4, -0.2) is 27.6 Å². The van der Waals surface area contributed by atoms with E-state index < -0.39 is 5.97 Å². The lowest BCUT2D eigenvalue weighted by Gasteiger charge is -2.00. The first-order valence-corrected chi connectivity index (χ1v) is 7.32. The highest BCUT2D eigenvalue weighted by atomic mass is 16.5. The van der Waals surface area contributed by atoms with Gasteiger partial charge in [-0.15, -0.1) is 10.2 Å². The second-order valence-corrected chi connectivity index (χ2v) is 5.26. The monoisotopic (exact) mass is 324 g/mol. The van der Waals surface area contributed by atoms with Crippen LogP contribution < -0.4 is 0 Å². The Morgan fingerprint density at radius 1 is 1.29 bits per heavy atom. The van der Waals surface area contributed by atoms with Gasteiger partial charge in [0.15, 0.2) is 5.82 Å². The Labute approximate surface area is 138 Å². The van der Waals surface area contributed by atoms with Gasteiger partial charge in [-0.05, 0) is 36.8 Å². The standard InChI is InChI=1S/C17H16N4O3/c1-11-7-8-21-15(9-11)18-13(10-16(23)24-2)17(21)20-19-12-5-3-4-6-14(12)22/h3-9,22H,10H2,1-2H3. The van der Waals surface area contributed by atoms with E-state index in [0.717, 1.165) is 5.56 Å². The van der Waals surface area contributed by atoms with Gasteiger partial charge in [0.2, 0.25) is 0 Å². The molecule has 0 atom stereocenters. The molecule has 0 amide bonds. The largest absolute Gasteiger partial charge is 0.506 e. The first-order chi connectivity index (χ1) is 11.6. The van der Waals surface area contributed by atoms with Crippen molar-refractivity contribution in [3.05, 3.63) is 53.9 Å². The SMILES string of the molecule is COC(=O)Cc1nc2cc(C)ccn2c1N=Nc1ccccc1O. The second-order valence-electron chi connectivity index (χ2n) is 5.26. The number of methoxy groups -OCH3 is 1. The van der Waals surface area contributed by atoms with Crippen molar-refractivity contribution < 1.29 is 14.6 Å². The summed E-state index contributed by atoms with van der Waals surface area (Å²) >= 11 is 0. The molecule has 0 saturated heterocycles. The number of pyridine rings is 1. The molecule has 1 aromatic carbocycles. The van der Waals surface area contributed by atoms with Crippen molar-refractivity contribution in [2.24, 2.45) is 10.2 Å². The van der Waals surface area contributed by atoms with Gasteiger partial charge < -0.3 is 9.84 Å². The number of aryl methyl sites for hydroxylation is 1. The van der Waals surface area contributed by atoms with Crippen LogP contribution in [0.2, 0.25) is 0 Å². The van der Waals surface area contributed by atoms with Crippen LogP contribution in [0.15, 0.2) is 52.8 Å². The number of phenols is 1. The molecule has 0 spiro atoms. The number of carbonyl (C=O) groups excluding carboxylic acids is 1. The number of ether oxygens (including phenoxy) is 1. The molecule has 0 aliphatic carbocycles. The Bertz CT molecular complexity index is 931. The highest BCUT2D eigenvalue weighted by Crippen LogP contribution is 2.29. The van der Waals surface area contributed by atoms with Gasteiger partial charge in [0.25, 0.3) is 0 Å². The van der Waals surface area contributed by atoms with Crippen LogP contribution in [0.4, 0.5) is 11.5 Å². The van der Waals surface area contributed by atoms with Crippen LogP contribution >= 0.6 is 0 Å². The van der Waals surface area contributed by atoms with Crippen LogP contribution in [0, 0.1) is 6.92 Å². The summed E-state index contributed by atoms with van der Waals surface area (Å²) in [5.41, 5.74) is 2.51. The lowest BCUT2D eigenvalue weighted by Crippen LogP contribution is -2.04. The molecule has 0 unspecified atom stereocenters. The number of carbonyl (C=O) groups is 1. The summed E-state index contributed by atoms with van der Waals surface area (Å²) in [6.45, 7) is 1.96. The lowest BCUT2D eigenvalue weighted by molar-refractivity contribution is -0.139. The quantitative estimate of drug-likeness (QED) is 0.588. The summed E-state index contributed by atoms with van der Waals surface area (Å²) < 4.78 is 6.46. The number of phenolic OH excluding ortho intramolecular Hbond substituents is 1. The number of esters is 1. The van der Waals surface area contributed by atoms with Crippen LogP contribution in [0.3, 0.4) is 0 Å². The normalized spacial score (nSPS) is 11.2. The molecular weight excluding hydrogens is 308 g/mol. The highest BCUT2D eigenvalue weighted by molar-refractivity contribution is 5.74. The minimum absolute atomic E-state index is 0.00759. The molecule has 0 saturated carbocycles. The molecule has 7 heteroatoms. The molecule has 3 aromatic rings. The number of benzene rings is 1. The molecule has 1 N–H and O–H groups in total. The van der Waals surface area contributed by atoms with Gasteiger partial charge in [-0.3, -0.25) is 9.20 Å². The van der Waals surface area contributed by atoms with Gasteiger partial charge in [0, 0.05) is 6.20 Å². The number of fused-ring (bicyclic) bond motifs is 1. The number of aromatic hydroxyl groups is 1. The number of azo groups is 1. The van der Waals surface area contributed by atoms with Gasteiger partial charge in [-0.25, -0.2) is 4.98 Å². The van der Waals surface area contributed by atoms with Gasteiger partial charge in [0.05, 0.1) is 19.2 Å². The van der Waals surface area contributed by atoms with E-state index in [-0.39, 0.29) is 12.2 Å². The van der Waals surface area contributed by atoms with E-state index in [4.69, 9.17) is 4.74 Å². The van der Waals surface area contributed by atoms with E-state index in [9.17, 15) is 9.90 Å². The molecule has 0 aliphatic rings. The zero-order chi connectivity index (χ0) is 17.1. The first kappa shape index (κ1) is 15.7. The average molecular weight is 324 g/mol. The molecule has 2 aromatic heterocycles. The van der Waals surface area contributed by atoms with E-state index in [1.54, 1.807) is 22.6 Å². The number of imidazole rings is 1. The molecule has 122 valence electrons. The molecule has 2 heterocycles. The molecule has 0 fully saturated rings. The minimum atomic E-state index is -0.408. The van der Waals surface area contributed by atoms with Crippen LogP contribution in [0.5, 0.6) is 5.75 Å². The van der Waals surface area contributed by atoms with Crippen molar-refractivity contribution in [1.29, 1.82) is 0 Å². The molecule has 3 rings (SSSR count). The molecule has 0 aliphatic heterocycles. The zero-order valence-corrected chi connectivity index (χ0v) is 13.3. The zero-order valence-electron chi connectivity index (χ0n) is 13.3. The van der Waals surface area contributed by atoms with E-state index in [1.165, 1.54) is 13.2 Å². The van der Waals surface area contributed by atoms with Gasteiger partial charge >= 0.3 is 5.97 Å². The third-order valence-corrected chi connectivity index (χ3v) is 3.50. The molecule has 24 heavy (non-hydrogen) atoms. The Morgan fingerprint density at radius 2 is 2.08 bits per heavy atom. The van der Waals surface area contributed by atoms with Crippen LogP contribution in [0.25, 0.3) is 5.65 Å². The summed E-state index contributed by atoms with van der Waals surface area (Å²) in [5, 5.41) is 18.1. The van der Waals surface area contributed by atoms with Crippen molar-refractivity contribution >= 4 is 23.1 Å². The van der Waals surface area contributed by atoms with Gasteiger partial charge in [-0.2, -0.15) is 0 Å². The summed E-state index contributed by atoms with van der Waals surface area (Å²) in [6.07, 6.45) is 1.81. The number of nitrogens with zero attached hydrogens (tertiary/aromatic N) is 4. The van der Waals surface area contributed by atoms with E-state index in [1.807, 2.05) is 25.3 Å². The molecular formula is C17H16N4O3. The fourth-order valence-electron chi connectivity index (χ4n) is 2.27. The summed E-state index contributed by atoms with van der Waals surface area (Å²) in [6, 6.07) is 10.4. The third-order valence-electron chi connectivity index (χ3n) is 3.50. The van der Waals surface area contributed by atoms with Crippen molar-refractivity contribution in [1.82, 2.24) is 9.38 Å². The maximum atomic E-state index is 11.6. The van der Waals surface area contributed by atoms with Gasteiger partial charge in [0.1, 0.15) is 17.1 Å². The Balaban J connectivity index is 2.08. The fourth-order valence-corrected chi connectivity index (χ4v) is 2.27. The lowest BCUT2D eigenvalue weighted by atomic mass is 10.3. The highest BCUT2D eigenvalue weighted by Gasteiger charge is 2.16. The summed E-state index contributed by atoms with van der Waals surface area (Å²) in [4.78, 5) is 16.1. The maximum Gasteiger partial charge on any atom is 0.311 e. The van der Waals surface area contributed by atoms with Crippen molar-refractivity contribution in [2.45, 2.75) is 13.3 Å². The fraction of sp³-hybridized carbons (Fsp3) is 0.176. The predicted octanol–water partition coefficient (Wildman–Crippen LogP) is 3.48. The Morgan fingerprint density at radius 3 is 2.83 bits per heavy atom. The molecule has 7 nitrogen and oxygen atoms in total. The van der Waals surface area contributed by atoms with Crippen molar-refractivity contribution in [3.8, 4) is 5.75 Å². The Kier molecular flexibility index (Phi) is 4.24. The first-order valence-electron chi connectivity index (χ1n) is 7.32. The summed E-state index contributed by atoms with van der Waals surface area (Å²) in [7, 11) is 1.32. The Hall–Kier alpha value is -3.22. The minimum Gasteiger partial charge on any atom is -0.506 e. The van der Waals surface area contributed by atoms with Crippen molar-refractivity contribution in [2.75, 3.05) is 7.11 Å². The van der Waals surface area contributed by atoms with E-state index in [2.05, 4.69) is 15.2 Å². The predicted molar refractivity (Wildman–Crippen MR) is 87.9 cm³/mol. The maximum absolute atomic E-state index is 11.6. The van der Waals surface area contributed by atoms with E-state index in [0.29, 0.717) is 22.8 Å². The number of hydrogen-bond donors (Lipinski definition) is 1. The van der Waals surface area contributed by atoms with Crippen molar-refractivity contribution in [3.63, 3.8) is 0 Å². The molecule has 0 bridgehead atoms. The summed E-state index contributed by atoms with van der Waals surface area (Å²) in [5.74, 6) is 0.0493. The number of aromatic nitrogens is 2.